The third-order valence-electron chi connectivity index (χ3n) is 4.57. The van der Waals surface area contributed by atoms with Crippen LogP contribution in [0.5, 0.6) is 0 Å². The van der Waals surface area contributed by atoms with Gasteiger partial charge in [0.25, 0.3) is 5.91 Å². The van der Waals surface area contributed by atoms with E-state index in [-0.39, 0.29) is 5.91 Å². The molecular weight excluding hydrogens is 368 g/mol. The molecule has 0 saturated carbocycles. The Kier molecular flexibility index (Phi) is 5.09. The van der Waals surface area contributed by atoms with Gasteiger partial charge in [0.1, 0.15) is 6.73 Å². The average molecular weight is 390 g/mol. The van der Waals surface area contributed by atoms with Crippen molar-refractivity contribution < 1.29 is 9.53 Å². The topological polar surface area (TPSA) is 86.9 Å². The maximum atomic E-state index is 13.1. The Balaban J connectivity index is 1.71. The Morgan fingerprint density at radius 1 is 1.24 bits per heavy atom. The second-order valence-corrected chi connectivity index (χ2v) is 6.72. The smallest absolute Gasteiger partial charge is 0.256 e. The van der Waals surface area contributed by atoms with E-state index in [1.807, 2.05) is 57.4 Å². The summed E-state index contributed by atoms with van der Waals surface area (Å²) >= 11 is 0. The lowest BCUT2D eigenvalue weighted by Crippen LogP contribution is -2.13. The monoisotopic (exact) mass is 390 g/mol. The molecule has 3 heterocycles. The Morgan fingerprint density at radius 2 is 2.07 bits per heavy atom. The van der Waals surface area contributed by atoms with Gasteiger partial charge in [0.15, 0.2) is 0 Å². The van der Waals surface area contributed by atoms with E-state index < -0.39 is 0 Å². The molecule has 3 aromatic heterocycles. The van der Waals surface area contributed by atoms with Gasteiger partial charge in [-0.25, -0.2) is 9.67 Å². The Hall–Kier alpha value is -3.52. The van der Waals surface area contributed by atoms with Gasteiger partial charge < -0.3 is 10.1 Å². The van der Waals surface area contributed by atoms with E-state index in [1.165, 1.54) is 0 Å². The third-order valence-corrected chi connectivity index (χ3v) is 4.57. The first-order valence-electron chi connectivity index (χ1n) is 9.37. The first-order chi connectivity index (χ1) is 14.0. The van der Waals surface area contributed by atoms with Gasteiger partial charge in [-0.1, -0.05) is 18.2 Å². The van der Waals surface area contributed by atoms with Gasteiger partial charge in [-0.3, -0.25) is 9.48 Å². The number of aryl methyl sites for hydroxylation is 2. The zero-order valence-electron chi connectivity index (χ0n) is 16.6. The fraction of sp³-hybridized carbons (Fsp3) is 0.238. The van der Waals surface area contributed by atoms with E-state index in [1.54, 1.807) is 21.8 Å². The molecule has 0 fully saturated rings. The summed E-state index contributed by atoms with van der Waals surface area (Å²) in [5, 5.41) is 12.3. The van der Waals surface area contributed by atoms with E-state index in [4.69, 9.17) is 9.72 Å². The molecule has 0 saturated heterocycles. The highest BCUT2D eigenvalue weighted by Crippen LogP contribution is 2.27. The lowest BCUT2D eigenvalue weighted by atomic mass is 10.0. The number of nitrogens with one attached hydrogen (secondary N) is 1. The summed E-state index contributed by atoms with van der Waals surface area (Å²) in [6.45, 7) is 4.79. The fourth-order valence-corrected chi connectivity index (χ4v) is 3.23. The summed E-state index contributed by atoms with van der Waals surface area (Å²) in [7, 11) is 1.87. The Labute approximate surface area is 168 Å². The molecule has 0 aliphatic rings. The van der Waals surface area contributed by atoms with E-state index in [0.29, 0.717) is 30.3 Å². The van der Waals surface area contributed by atoms with E-state index >= 15 is 0 Å². The predicted octanol–water partition coefficient (Wildman–Crippen LogP) is 3.39. The van der Waals surface area contributed by atoms with E-state index in [9.17, 15) is 4.79 Å². The number of hydrogen-bond donors (Lipinski definition) is 1. The number of para-hydroxylation sites is 1. The summed E-state index contributed by atoms with van der Waals surface area (Å²) in [4.78, 5) is 17.8. The number of pyridine rings is 1. The number of anilines is 1. The van der Waals surface area contributed by atoms with Crippen molar-refractivity contribution in [3.8, 4) is 11.3 Å². The van der Waals surface area contributed by atoms with Crippen LogP contribution in [0.25, 0.3) is 22.2 Å². The molecule has 8 nitrogen and oxygen atoms in total. The minimum atomic E-state index is -0.220. The lowest BCUT2D eigenvalue weighted by Gasteiger charge is -2.09. The molecule has 0 aliphatic heterocycles. The maximum absolute atomic E-state index is 13.1. The van der Waals surface area contributed by atoms with Crippen molar-refractivity contribution in [3.05, 3.63) is 60.2 Å². The minimum absolute atomic E-state index is 0.220. The number of fused-ring (bicyclic) bond motifs is 1. The highest BCUT2D eigenvalue weighted by Gasteiger charge is 2.16. The summed E-state index contributed by atoms with van der Waals surface area (Å²) in [5.74, 6) is -0.220. The SMILES string of the molecule is CCOCn1cc(NC(=O)c2cc(-c3cn(C)nc3C)nc3ccccc23)cn1. The van der Waals surface area contributed by atoms with Crippen LogP contribution in [0, 0.1) is 6.92 Å². The third kappa shape index (κ3) is 3.88. The Morgan fingerprint density at radius 3 is 2.83 bits per heavy atom. The number of amides is 1. The molecule has 1 amide bonds. The molecule has 0 atom stereocenters. The molecule has 148 valence electrons. The van der Waals surface area contributed by atoms with Crippen LogP contribution < -0.4 is 5.32 Å². The van der Waals surface area contributed by atoms with Gasteiger partial charge in [-0.05, 0) is 26.0 Å². The van der Waals surface area contributed by atoms with Crippen LogP contribution in [0.2, 0.25) is 0 Å². The van der Waals surface area contributed by atoms with Gasteiger partial charge in [0, 0.05) is 30.8 Å². The standard InChI is InChI=1S/C21H22N6O2/c1-4-29-13-27-11-15(10-22-27)23-21(28)17-9-20(18-12-26(3)25-14(18)2)24-19-8-6-5-7-16(17)19/h5-12H,4,13H2,1-3H3,(H,23,28). The fourth-order valence-electron chi connectivity index (χ4n) is 3.23. The molecule has 1 N–H and O–H groups in total. The van der Waals surface area contributed by atoms with Crippen molar-refractivity contribution in [2.75, 3.05) is 11.9 Å². The van der Waals surface area contributed by atoms with Crippen LogP contribution in [-0.2, 0) is 18.5 Å². The highest BCUT2D eigenvalue weighted by atomic mass is 16.5. The number of carbonyl (C=O) groups excluding carboxylic acids is 1. The van der Waals surface area contributed by atoms with Crippen molar-refractivity contribution in [1.82, 2.24) is 24.5 Å². The molecule has 0 bridgehead atoms. The lowest BCUT2D eigenvalue weighted by molar-refractivity contribution is 0.0792. The molecule has 1 aromatic carbocycles. The van der Waals surface area contributed by atoms with Crippen LogP contribution in [0.15, 0.2) is 48.9 Å². The van der Waals surface area contributed by atoms with Crippen molar-refractivity contribution in [3.63, 3.8) is 0 Å². The number of rotatable bonds is 6. The van der Waals surface area contributed by atoms with Crippen LogP contribution in [0.4, 0.5) is 5.69 Å². The van der Waals surface area contributed by atoms with Crippen molar-refractivity contribution in [2.24, 2.45) is 7.05 Å². The molecule has 0 unspecified atom stereocenters. The second-order valence-electron chi connectivity index (χ2n) is 6.72. The quantitative estimate of drug-likeness (QED) is 0.545. The molecule has 4 aromatic rings. The summed E-state index contributed by atoms with van der Waals surface area (Å²) in [6.07, 6.45) is 5.25. The first-order valence-corrected chi connectivity index (χ1v) is 9.37. The summed E-state index contributed by atoms with van der Waals surface area (Å²) in [5.41, 5.74) is 4.38. The predicted molar refractivity (Wildman–Crippen MR) is 110 cm³/mol. The number of hydrogen-bond acceptors (Lipinski definition) is 5. The molecule has 0 spiro atoms. The molecule has 0 aliphatic carbocycles. The van der Waals surface area contributed by atoms with Gasteiger partial charge in [0.05, 0.1) is 40.5 Å². The number of nitrogens with zero attached hydrogens (tertiary/aromatic N) is 5. The van der Waals surface area contributed by atoms with Gasteiger partial charge in [-0.15, -0.1) is 0 Å². The van der Waals surface area contributed by atoms with E-state index in [0.717, 1.165) is 22.2 Å². The average Bonchev–Trinajstić information content (AvgIpc) is 3.30. The number of benzene rings is 1. The van der Waals surface area contributed by atoms with Gasteiger partial charge >= 0.3 is 0 Å². The van der Waals surface area contributed by atoms with Crippen LogP contribution >= 0.6 is 0 Å². The zero-order valence-corrected chi connectivity index (χ0v) is 16.6. The van der Waals surface area contributed by atoms with Crippen LogP contribution in [-0.4, -0.2) is 37.1 Å². The molecule has 8 heteroatoms. The molecular formula is C21H22N6O2. The van der Waals surface area contributed by atoms with Crippen LogP contribution in [0.3, 0.4) is 0 Å². The first kappa shape index (κ1) is 18.8. The van der Waals surface area contributed by atoms with Crippen molar-refractivity contribution >= 4 is 22.5 Å². The Bertz CT molecular complexity index is 1180. The van der Waals surface area contributed by atoms with Gasteiger partial charge in [0.2, 0.25) is 0 Å². The van der Waals surface area contributed by atoms with E-state index in [2.05, 4.69) is 15.5 Å². The van der Waals surface area contributed by atoms with Crippen molar-refractivity contribution in [1.29, 1.82) is 0 Å². The highest BCUT2D eigenvalue weighted by molar-refractivity contribution is 6.13. The molecule has 4 rings (SSSR count). The number of aromatic nitrogens is 5. The largest absolute Gasteiger partial charge is 0.360 e. The second kappa shape index (κ2) is 7.84. The maximum Gasteiger partial charge on any atom is 0.256 e. The molecule has 0 radical (unpaired) electrons. The van der Waals surface area contributed by atoms with Gasteiger partial charge in [-0.2, -0.15) is 10.2 Å². The minimum Gasteiger partial charge on any atom is -0.360 e. The molecule has 29 heavy (non-hydrogen) atoms. The summed E-state index contributed by atoms with van der Waals surface area (Å²) < 4.78 is 8.71. The summed E-state index contributed by atoms with van der Waals surface area (Å²) in [6, 6.07) is 9.42. The normalized spacial score (nSPS) is 11.1. The number of carbonyl (C=O) groups is 1. The van der Waals surface area contributed by atoms with Crippen molar-refractivity contribution in [2.45, 2.75) is 20.6 Å². The zero-order chi connectivity index (χ0) is 20.4. The van der Waals surface area contributed by atoms with Crippen LogP contribution in [0.1, 0.15) is 23.0 Å². The number of ether oxygens (including phenoxy) is 1.